The second-order valence-corrected chi connectivity index (χ2v) is 5.97. The molecule has 0 spiro atoms. The molecule has 0 radical (unpaired) electrons. The van der Waals surface area contributed by atoms with E-state index in [1.54, 1.807) is 11.3 Å². The van der Waals surface area contributed by atoms with Crippen LogP contribution in [0.15, 0.2) is 11.4 Å². The standard InChI is InChI=1S/C13H16N2O3S/c16-12(9-2-1-5-14-9)15-6-3-10-8(4-7-19-10)11(15)13(17)18/h4,7,9,11,14H,1-3,5-6H2,(H,17,18)/t9-,11?/m0/s1. The molecule has 1 saturated heterocycles. The molecule has 3 heterocycles. The number of rotatable bonds is 2. The molecule has 1 aromatic rings. The largest absolute Gasteiger partial charge is 0.479 e. The Balaban J connectivity index is 1.89. The van der Waals surface area contributed by atoms with E-state index in [-0.39, 0.29) is 11.9 Å². The first-order chi connectivity index (χ1) is 9.18. The normalized spacial score (nSPS) is 26.2. The Morgan fingerprint density at radius 1 is 1.47 bits per heavy atom. The van der Waals surface area contributed by atoms with Gasteiger partial charge >= 0.3 is 5.97 Å². The third-order valence-electron chi connectivity index (χ3n) is 3.84. The minimum absolute atomic E-state index is 0.0678. The molecule has 1 fully saturated rings. The monoisotopic (exact) mass is 280 g/mol. The molecule has 1 aromatic heterocycles. The highest BCUT2D eigenvalue weighted by Crippen LogP contribution is 2.34. The van der Waals surface area contributed by atoms with Crippen molar-refractivity contribution >= 4 is 23.2 Å². The Morgan fingerprint density at radius 3 is 3.00 bits per heavy atom. The van der Waals surface area contributed by atoms with Gasteiger partial charge in [0.25, 0.3) is 0 Å². The minimum atomic E-state index is -0.939. The molecule has 0 aromatic carbocycles. The SMILES string of the molecule is O=C(O)C1c2ccsc2CCN1C(=O)[C@@H]1CCCN1. The predicted molar refractivity (Wildman–Crippen MR) is 71.1 cm³/mol. The van der Waals surface area contributed by atoms with Crippen LogP contribution in [0, 0.1) is 0 Å². The lowest BCUT2D eigenvalue weighted by molar-refractivity contribution is -0.152. The Labute approximate surface area is 115 Å². The summed E-state index contributed by atoms with van der Waals surface area (Å²) in [6, 6.07) is 0.812. The number of nitrogens with one attached hydrogen (secondary N) is 1. The highest BCUT2D eigenvalue weighted by atomic mass is 32.1. The number of carbonyl (C=O) groups excluding carboxylic acids is 1. The maximum absolute atomic E-state index is 12.5. The summed E-state index contributed by atoms with van der Waals surface area (Å²) in [6.45, 7) is 1.34. The molecule has 0 aliphatic carbocycles. The summed E-state index contributed by atoms with van der Waals surface area (Å²) in [4.78, 5) is 26.6. The van der Waals surface area contributed by atoms with Gasteiger partial charge in [0.05, 0.1) is 6.04 Å². The zero-order valence-electron chi connectivity index (χ0n) is 10.5. The summed E-state index contributed by atoms with van der Waals surface area (Å²) in [6.07, 6.45) is 2.54. The molecule has 2 aliphatic heterocycles. The van der Waals surface area contributed by atoms with Gasteiger partial charge in [-0.2, -0.15) is 0 Å². The number of nitrogens with zero attached hydrogens (tertiary/aromatic N) is 1. The van der Waals surface area contributed by atoms with Crippen molar-refractivity contribution < 1.29 is 14.7 Å². The number of carboxylic acid groups (broad SMARTS) is 1. The summed E-state index contributed by atoms with van der Waals surface area (Å²) in [5, 5.41) is 14.5. The van der Waals surface area contributed by atoms with E-state index in [4.69, 9.17) is 0 Å². The van der Waals surface area contributed by atoms with Crippen LogP contribution >= 0.6 is 11.3 Å². The van der Waals surface area contributed by atoms with E-state index in [1.165, 1.54) is 4.90 Å². The van der Waals surface area contributed by atoms with E-state index in [9.17, 15) is 14.7 Å². The molecule has 0 saturated carbocycles. The van der Waals surface area contributed by atoms with E-state index in [0.717, 1.165) is 36.2 Å². The first-order valence-electron chi connectivity index (χ1n) is 6.51. The van der Waals surface area contributed by atoms with Gasteiger partial charge in [-0.05, 0) is 42.8 Å². The number of thiophene rings is 1. The van der Waals surface area contributed by atoms with Crippen molar-refractivity contribution in [2.24, 2.45) is 0 Å². The molecule has 2 aliphatic rings. The molecule has 6 heteroatoms. The number of carbonyl (C=O) groups is 2. The molecule has 5 nitrogen and oxygen atoms in total. The van der Waals surface area contributed by atoms with Gasteiger partial charge < -0.3 is 15.3 Å². The number of hydrogen-bond donors (Lipinski definition) is 2. The Morgan fingerprint density at radius 2 is 2.32 bits per heavy atom. The van der Waals surface area contributed by atoms with Crippen molar-refractivity contribution in [3.63, 3.8) is 0 Å². The molecule has 3 rings (SSSR count). The van der Waals surface area contributed by atoms with Gasteiger partial charge in [-0.3, -0.25) is 4.79 Å². The molecule has 102 valence electrons. The second kappa shape index (κ2) is 4.94. The van der Waals surface area contributed by atoms with Gasteiger partial charge in [-0.15, -0.1) is 11.3 Å². The summed E-state index contributed by atoms with van der Waals surface area (Å²) in [5.74, 6) is -1.01. The average Bonchev–Trinajstić information content (AvgIpc) is 3.06. The third-order valence-corrected chi connectivity index (χ3v) is 4.84. The molecular formula is C13H16N2O3S. The lowest BCUT2D eigenvalue weighted by atomic mass is 9.99. The van der Waals surface area contributed by atoms with Crippen molar-refractivity contribution in [2.45, 2.75) is 31.3 Å². The Kier molecular flexibility index (Phi) is 3.28. The van der Waals surface area contributed by atoms with Crippen LogP contribution in [-0.2, 0) is 16.0 Å². The fourth-order valence-corrected chi connectivity index (χ4v) is 3.82. The summed E-state index contributed by atoms with van der Waals surface area (Å²) >= 11 is 1.58. The third kappa shape index (κ3) is 2.15. The van der Waals surface area contributed by atoms with Gasteiger partial charge in [0.2, 0.25) is 5.91 Å². The van der Waals surface area contributed by atoms with Crippen molar-refractivity contribution in [3.8, 4) is 0 Å². The lowest BCUT2D eigenvalue weighted by Crippen LogP contribution is -2.49. The Bertz CT molecular complexity index is 508. The van der Waals surface area contributed by atoms with Crippen molar-refractivity contribution in [2.75, 3.05) is 13.1 Å². The van der Waals surface area contributed by atoms with Crippen molar-refractivity contribution in [1.29, 1.82) is 0 Å². The van der Waals surface area contributed by atoms with Gasteiger partial charge in [0.15, 0.2) is 6.04 Å². The van der Waals surface area contributed by atoms with Crippen LogP contribution in [-0.4, -0.2) is 41.0 Å². The van der Waals surface area contributed by atoms with Crippen LogP contribution in [0.5, 0.6) is 0 Å². The predicted octanol–water partition coefficient (Wildman–Crippen LogP) is 1.01. The summed E-state index contributed by atoms with van der Waals surface area (Å²) < 4.78 is 0. The van der Waals surface area contributed by atoms with Crippen LogP contribution < -0.4 is 5.32 Å². The Hall–Kier alpha value is -1.40. The van der Waals surface area contributed by atoms with Gasteiger partial charge in [-0.25, -0.2) is 4.79 Å². The number of hydrogen-bond acceptors (Lipinski definition) is 4. The fourth-order valence-electron chi connectivity index (χ4n) is 2.92. The smallest absolute Gasteiger partial charge is 0.331 e. The van der Waals surface area contributed by atoms with Crippen LogP contribution in [0.3, 0.4) is 0 Å². The fraction of sp³-hybridized carbons (Fsp3) is 0.538. The maximum atomic E-state index is 12.5. The molecule has 0 bridgehead atoms. The molecule has 2 N–H and O–H groups in total. The first-order valence-corrected chi connectivity index (χ1v) is 7.39. The van der Waals surface area contributed by atoms with Gasteiger partial charge in [0.1, 0.15) is 0 Å². The van der Waals surface area contributed by atoms with E-state index in [2.05, 4.69) is 5.32 Å². The number of aliphatic carboxylic acids is 1. The molecule has 2 atom stereocenters. The topological polar surface area (TPSA) is 69.6 Å². The van der Waals surface area contributed by atoms with E-state index in [0.29, 0.717) is 6.54 Å². The highest BCUT2D eigenvalue weighted by molar-refractivity contribution is 7.10. The van der Waals surface area contributed by atoms with Gasteiger partial charge in [0, 0.05) is 11.4 Å². The number of amides is 1. The van der Waals surface area contributed by atoms with Crippen LogP contribution in [0.2, 0.25) is 0 Å². The van der Waals surface area contributed by atoms with Crippen LogP contribution in [0.4, 0.5) is 0 Å². The highest BCUT2D eigenvalue weighted by Gasteiger charge is 2.39. The minimum Gasteiger partial charge on any atom is -0.479 e. The maximum Gasteiger partial charge on any atom is 0.331 e. The van der Waals surface area contributed by atoms with E-state index < -0.39 is 12.0 Å². The van der Waals surface area contributed by atoms with Crippen LogP contribution in [0.1, 0.15) is 29.3 Å². The van der Waals surface area contributed by atoms with E-state index >= 15 is 0 Å². The zero-order chi connectivity index (χ0) is 13.4. The lowest BCUT2D eigenvalue weighted by Gasteiger charge is -2.34. The van der Waals surface area contributed by atoms with Crippen molar-refractivity contribution in [1.82, 2.24) is 10.2 Å². The quantitative estimate of drug-likeness (QED) is 0.848. The zero-order valence-corrected chi connectivity index (χ0v) is 11.3. The number of carboxylic acids is 1. The average molecular weight is 280 g/mol. The molecule has 1 amide bonds. The molecule has 1 unspecified atom stereocenters. The summed E-state index contributed by atoms with van der Waals surface area (Å²) in [7, 11) is 0. The summed E-state index contributed by atoms with van der Waals surface area (Å²) in [5.41, 5.74) is 0.787. The van der Waals surface area contributed by atoms with Crippen LogP contribution in [0.25, 0.3) is 0 Å². The van der Waals surface area contributed by atoms with Crippen molar-refractivity contribution in [3.05, 3.63) is 21.9 Å². The first kappa shape index (κ1) is 12.6. The number of fused-ring (bicyclic) bond motifs is 1. The second-order valence-electron chi connectivity index (χ2n) is 4.97. The van der Waals surface area contributed by atoms with Gasteiger partial charge in [-0.1, -0.05) is 0 Å². The molecule has 19 heavy (non-hydrogen) atoms. The molecular weight excluding hydrogens is 264 g/mol. The van der Waals surface area contributed by atoms with E-state index in [1.807, 2.05) is 11.4 Å².